The number of carbonyl (C=O) groups excluding carboxylic acids is 2. The molecule has 1 aromatic rings. The van der Waals surface area contributed by atoms with Crippen molar-refractivity contribution in [2.75, 3.05) is 5.32 Å². The zero-order valence-corrected chi connectivity index (χ0v) is 11.4. The van der Waals surface area contributed by atoms with Crippen LogP contribution >= 0.6 is 0 Å². The largest absolute Gasteiger partial charge is 0.480 e. The highest BCUT2D eigenvalue weighted by Crippen LogP contribution is 2.11. The second-order valence-electron chi connectivity index (χ2n) is 4.32. The number of amides is 2. The Labute approximate surface area is 121 Å². The first-order valence-corrected chi connectivity index (χ1v) is 6.22. The number of hydrogen-bond acceptors (Lipinski definition) is 4. The highest BCUT2D eigenvalue weighted by molar-refractivity contribution is 5.98. The molecule has 3 N–H and O–H groups in total. The number of carbonyl (C=O) groups is 3. The van der Waals surface area contributed by atoms with Crippen LogP contribution < -0.4 is 10.6 Å². The van der Waals surface area contributed by atoms with Gasteiger partial charge >= 0.3 is 5.97 Å². The van der Waals surface area contributed by atoms with E-state index in [2.05, 4.69) is 10.6 Å². The lowest BCUT2D eigenvalue weighted by atomic mass is 10.1. The van der Waals surface area contributed by atoms with Gasteiger partial charge in [-0.25, -0.2) is 4.79 Å². The molecule has 1 aromatic carbocycles. The molecule has 0 bridgehead atoms. The summed E-state index contributed by atoms with van der Waals surface area (Å²) in [5.41, 5.74) is 0.670. The number of nitrogens with one attached hydrogen (secondary N) is 2. The first-order valence-electron chi connectivity index (χ1n) is 6.22. The Bertz CT molecular complexity index is 592. The van der Waals surface area contributed by atoms with Crippen LogP contribution in [0.2, 0.25) is 0 Å². The Balaban J connectivity index is 2.80. The third-order valence-electron chi connectivity index (χ3n) is 2.59. The molecule has 0 aromatic heterocycles. The van der Waals surface area contributed by atoms with Gasteiger partial charge in [-0.3, -0.25) is 9.59 Å². The molecule has 0 aliphatic rings. The topological polar surface area (TPSA) is 119 Å². The van der Waals surface area contributed by atoms with Gasteiger partial charge in [0.2, 0.25) is 5.91 Å². The van der Waals surface area contributed by atoms with Crippen LogP contribution in [-0.4, -0.2) is 28.9 Å². The zero-order chi connectivity index (χ0) is 15.8. The van der Waals surface area contributed by atoms with Crippen molar-refractivity contribution in [1.29, 1.82) is 5.26 Å². The lowest BCUT2D eigenvalue weighted by molar-refractivity contribution is -0.139. The van der Waals surface area contributed by atoms with E-state index in [0.717, 1.165) is 0 Å². The van der Waals surface area contributed by atoms with E-state index < -0.39 is 17.9 Å². The van der Waals surface area contributed by atoms with Crippen LogP contribution in [0.5, 0.6) is 0 Å². The monoisotopic (exact) mass is 289 g/mol. The molecule has 0 spiro atoms. The zero-order valence-electron chi connectivity index (χ0n) is 11.4. The summed E-state index contributed by atoms with van der Waals surface area (Å²) in [6, 6.07) is 6.85. The Morgan fingerprint density at radius 3 is 2.67 bits per heavy atom. The van der Waals surface area contributed by atoms with Crippen molar-refractivity contribution in [2.24, 2.45) is 0 Å². The van der Waals surface area contributed by atoms with Crippen LogP contribution in [0, 0.1) is 11.3 Å². The Kier molecular flexibility index (Phi) is 5.89. The molecule has 7 heteroatoms. The molecule has 0 saturated carbocycles. The van der Waals surface area contributed by atoms with E-state index in [0.29, 0.717) is 5.69 Å². The van der Waals surface area contributed by atoms with Crippen LogP contribution in [0.1, 0.15) is 30.1 Å². The fourth-order valence-electron chi connectivity index (χ4n) is 1.65. The molecule has 0 radical (unpaired) electrons. The van der Waals surface area contributed by atoms with E-state index in [4.69, 9.17) is 10.4 Å². The fraction of sp³-hybridized carbons (Fsp3) is 0.286. The van der Waals surface area contributed by atoms with Gasteiger partial charge in [0.05, 0.1) is 6.07 Å². The minimum atomic E-state index is -1.20. The van der Waals surface area contributed by atoms with Gasteiger partial charge in [0.1, 0.15) is 6.04 Å². The molecular formula is C14H15N3O4. The lowest BCUT2D eigenvalue weighted by Crippen LogP contribution is -2.40. The van der Waals surface area contributed by atoms with Crippen molar-refractivity contribution in [3.63, 3.8) is 0 Å². The molecule has 0 aliphatic heterocycles. The highest BCUT2D eigenvalue weighted by Gasteiger charge is 2.20. The number of nitriles is 1. The molecule has 0 saturated heterocycles. The van der Waals surface area contributed by atoms with E-state index in [-0.39, 0.29) is 24.3 Å². The maximum absolute atomic E-state index is 12.0. The molecule has 0 unspecified atom stereocenters. The minimum absolute atomic E-state index is 0.0307. The quantitative estimate of drug-likeness (QED) is 0.725. The van der Waals surface area contributed by atoms with Crippen LogP contribution in [0.3, 0.4) is 0 Å². The molecular weight excluding hydrogens is 274 g/mol. The van der Waals surface area contributed by atoms with Crippen molar-refractivity contribution < 1.29 is 19.5 Å². The Morgan fingerprint density at radius 2 is 2.10 bits per heavy atom. The second-order valence-corrected chi connectivity index (χ2v) is 4.32. The van der Waals surface area contributed by atoms with Gasteiger partial charge in [0, 0.05) is 24.6 Å². The van der Waals surface area contributed by atoms with Crippen LogP contribution in [-0.2, 0) is 9.59 Å². The average Bonchev–Trinajstić information content (AvgIpc) is 2.42. The van der Waals surface area contributed by atoms with Gasteiger partial charge in [-0.2, -0.15) is 5.26 Å². The lowest BCUT2D eigenvalue weighted by Gasteiger charge is -2.13. The number of aliphatic carboxylic acids is 1. The number of benzene rings is 1. The van der Waals surface area contributed by atoms with Crippen molar-refractivity contribution in [3.05, 3.63) is 29.8 Å². The van der Waals surface area contributed by atoms with Crippen molar-refractivity contribution in [1.82, 2.24) is 5.32 Å². The molecule has 21 heavy (non-hydrogen) atoms. The molecule has 7 nitrogen and oxygen atoms in total. The Morgan fingerprint density at radius 1 is 1.38 bits per heavy atom. The van der Waals surface area contributed by atoms with Crippen molar-refractivity contribution >= 4 is 23.5 Å². The summed E-state index contributed by atoms with van der Waals surface area (Å²) < 4.78 is 0. The number of carboxylic acids is 1. The summed E-state index contributed by atoms with van der Waals surface area (Å²) in [5, 5.41) is 22.3. The molecule has 0 fully saturated rings. The predicted octanol–water partition coefficient (Wildman–Crippen LogP) is 1.13. The molecule has 2 amide bonds. The summed E-state index contributed by atoms with van der Waals surface area (Å²) >= 11 is 0. The number of nitrogens with zero attached hydrogens (tertiary/aromatic N) is 1. The van der Waals surface area contributed by atoms with Gasteiger partial charge in [-0.1, -0.05) is 6.07 Å². The molecule has 1 atom stereocenters. The maximum atomic E-state index is 12.0. The summed E-state index contributed by atoms with van der Waals surface area (Å²) in [6.45, 7) is 1.34. The second kappa shape index (κ2) is 7.65. The van der Waals surface area contributed by atoms with E-state index in [1.54, 1.807) is 12.1 Å². The van der Waals surface area contributed by atoms with Gasteiger partial charge in [-0.05, 0) is 24.6 Å². The van der Waals surface area contributed by atoms with Gasteiger partial charge < -0.3 is 15.7 Å². The SMILES string of the molecule is CC(=O)Nc1cccc(C(=O)N[C@H](CCC#N)C(=O)O)c1. The maximum Gasteiger partial charge on any atom is 0.326 e. The number of hydrogen-bond donors (Lipinski definition) is 3. The standard InChI is InChI=1S/C14H15N3O4/c1-9(18)16-11-5-2-4-10(8-11)13(19)17-12(14(20)21)6-3-7-15/h2,4-5,8,12H,3,6H2,1H3,(H,16,18)(H,17,19)(H,20,21)/t12-/m1/s1. The number of anilines is 1. The van der Waals surface area contributed by atoms with E-state index in [9.17, 15) is 14.4 Å². The first-order chi connectivity index (χ1) is 9.93. The van der Waals surface area contributed by atoms with Crippen LogP contribution in [0.15, 0.2) is 24.3 Å². The van der Waals surface area contributed by atoms with Gasteiger partial charge in [0.25, 0.3) is 5.91 Å². The summed E-state index contributed by atoms with van der Waals surface area (Å²) in [7, 11) is 0. The normalized spacial score (nSPS) is 11.0. The smallest absolute Gasteiger partial charge is 0.326 e. The predicted molar refractivity (Wildman–Crippen MR) is 74.5 cm³/mol. The molecule has 0 heterocycles. The molecule has 1 rings (SSSR count). The van der Waals surface area contributed by atoms with Crippen LogP contribution in [0.4, 0.5) is 5.69 Å². The van der Waals surface area contributed by atoms with Crippen molar-refractivity contribution in [2.45, 2.75) is 25.8 Å². The third kappa shape index (κ3) is 5.32. The average molecular weight is 289 g/mol. The van der Waals surface area contributed by atoms with E-state index >= 15 is 0 Å². The number of carboxylic acid groups (broad SMARTS) is 1. The molecule has 0 aliphatic carbocycles. The van der Waals surface area contributed by atoms with Crippen molar-refractivity contribution in [3.8, 4) is 6.07 Å². The summed E-state index contributed by atoms with van der Waals surface area (Å²) in [6.07, 6.45) is 0.0616. The highest BCUT2D eigenvalue weighted by atomic mass is 16.4. The first kappa shape index (κ1) is 16.2. The summed E-state index contributed by atoms with van der Waals surface area (Å²) in [5.74, 6) is -2.05. The van der Waals surface area contributed by atoms with E-state index in [1.807, 2.05) is 6.07 Å². The Hall–Kier alpha value is -2.88. The molecule has 110 valence electrons. The minimum Gasteiger partial charge on any atom is -0.480 e. The van der Waals surface area contributed by atoms with Gasteiger partial charge in [0.15, 0.2) is 0 Å². The fourth-order valence-corrected chi connectivity index (χ4v) is 1.65. The summed E-state index contributed by atoms with van der Waals surface area (Å²) in [4.78, 5) is 34.0. The van der Waals surface area contributed by atoms with Crippen LogP contribution in [0.25, 0.3) is 0 Å². The number of rotatable bonds is 6. The van der Waals surface area contributed by atoms with Gasteiger partial charge in [-0.15, -0.1) is 0 Å². The third-order valence-corrected chi connectivity index (χ3v) is 2.59. The van der Waals surface area contributed by atoms with E-state index in [1.165, 1.54) is 19.1 Å².